The number of amides is 2. The molecule has 0 aliphatic carbocycles. The molecule has 1 fully saturated rings. The Morgan fingerprint density at radius 3 is 2.65 bits per heavy atom. The molecule has 0 radical (unpaired) electrons. The third-order valence-electron chi connectivity index (χ3n) is 4.62. The van der Waals surface area contributed by atoms with Crippen LogP contribution in [0.5, 0.6) is 5.75 Å². The van der Waals surface area contributed by atoms with E-state index < -0.39 is 6.10 Å². The van der Waals surface area contributed by atoms with E-state index in [4.69, 9.17) is 9.47 Å². The van der Waals surface area contributed by atoms with E-state index in [2.05, 4.69) is 0 Å². The number of nitrogens with zero attached hydrogens (tertiary/aromatic N) is 2. The number of ether oxygens (including phenoxy) is 2. The number of Topliss-reactive ketones (excluding diaryl/α,β-unsaturated/α-hetero) is 1. The molecule has 0 spiro atoms. The minimum Gasteiger partial charge on any atom is -0.479 e. The molecule has 0 N–H and O–H groups in total. The predicted octanol–water partition coefficient (Wildman–Crippen LogP) is 1.64. The van der Waals surface area contributed by atoms with Crippen LogP contribution < -0.4 is 9.64 Å². The highest BCUT2D eigenvalue weighted by molar-refractivity contribution is 6.05. The maximum Gasteiger partial charge on any atom is 0.268 e. The van der Waals surface area contributed by atoms with Gasteiger partial charge in [0.05, 0.1) is 18.9 Å². The molecule has 2 aliphatic rings. The van der Waals surface area contributed by atoms with Gasteiger partial charge in [-0.3, -0.25) is 19.3 Å². The van der Waals surface area contributed by atoms with Gasteiger partial charge in [-0.05, 0) is 31.5 Å². The lowest BCUT2D eigenvalue weighted by Crippen LogP contribution is -2.51. The van der Waals surface area contributed by atoms with Gasteiger partial charge in [-0.25, -0.2) is 0 Å². The van der Waals surface area contributed by atoms with E-state index in [1.54, 1.807) is 30.0 Å². The van der Waals surface area contributed by atoms with Crippen molar-refractivity contribution in [3.05, 3.63) is 23.8 Å². The fourth-order valence-corrected chi connectivity index (χ4v) is 3.16. The van der Waals surface area contributed by atoms with E-state index in [0.717, 1.165) is 6.42 Å². The summed E-state index contributed by atoms with van der Waals surface area (Å²) in [6, 6.07) is 5.07. The lowest BCUT2D eigenvalue weighted by atomic mass is 10.0. The van der Waals surface area contributed by atoms with E-state index in [1.807, 2.05) is 6.92 Å². The highest BCUT2D eigenvalue weighted by Crippen LogP contribution is 2.35. The minimum atomic E-state index is -0.669. The van der Waals surface area contributed by atoms with Gasteiger partial charge in [-0.15, -0.1) is 0 Å². The molecule has 1 saturated heterocycles. The number of morpholine rings is 1. The number of hydrogen-bond acceptors (Lipinski definition) is 5. The molecular formula is C19H24N2O5. The molecule has 1 unspecified atom stereocenters. The molecular weight excluding hydrogens is 336 g/mol. The molecule has 2 amide bonds. The summed E-state index contributed by atoms with van der Waals surface area (Å²) in [4.78, 5) is 40.6. The number of carbonyl (C=O) groups excluding carboxylic acids is 3. The van der Waals surface area contributed by atoms with Crippen LogP contribution in [0.4, 0.5) is 5.69 Å². The smallest absolute Gasteiger partial charge is 0.268 e. The van der Waals surface area contributed by atoms with Gasteiger partial charge in [-0.1, -0.05) is 6.92 Å². The summed E-state index contributed by atoms with van der Waals surface area (Å²) >= 11 is 0. The Morgan fingerprint density at radius 1 is 1.23 bits per heavy atom. The maximum absolute atomic E-state index is 12.6. The summed E-state index contributed by atoms with van der Waals surface area (Å²) in [7, 11) is 0. The Kier molecular flexibility index (Phi) is 5.56. The van der Waals surface area contributed by atoms with E-state index in [-0.39, 0.29) is 24.1 Å². The molecule has 0 aromatic heterocycles. The summed E-state index contributed by atoms with van der Waals surface area (Å²) in [5, 5.41) is 0. The van der Waals surface area contributed by atoms with Crippen molar-refractivity contribution in [1.29, 1.82) is 0 Å². The molecule has 3 rings (SSSR count). The molecule has 0 saturated carbocycles. The van der Waals surface area contributed by atoms with Gasteiger partial charge in [0, 0.05) is 25.1 Å². The van der Waals surface area contributed by atoms with Crippen LogP contribution in [0.3, 0.4) is 0 Å². The van der Waals surface area contributed by atoms with Crippen molar-refractivity contribution in [1.82, 2.24) is 4.90 Å². The van der Waals surface area contributed by atoms with E-state index in [1.165, 1.54) is 4.90 Å². The van der Waals surface area contributed by atoms with Crippen molar-refractivity contribution < 1.29 is 23.9 Å². The first-order valence-electron chi connectivity index (χ1n) is 9.02. The zero-order valence-electron chi connectivity index (χ0n) is 15.2. The monoisotopic (exact) mass is 360 g/mol. The SMILES string of the molecule is CCCC(=O)c1ccc2c(c1)N(CC(=O)N1CCOCC1)C(=O)C(C)O2. The fraction of sp³-hybridized carbons (Fsp3) is 0.526. The van der Waals surface area contributed by atoms with E-state index in [0.29, 0.717) is 49.7 Å². The van der Waals surface area contributed by atoms with Gasteiger partial charge in [0.25, 0.3) is 5.91 Å². The highest BCUT2D eigenvalue weighted by atomic mass is 16.5. The third-order valence-corrected chi connectivity index (χ3v) is 4.62. The Bertz CT molecular complexity index is 712. The van der Waals surface area contributed by atoms with Gasteiger partial charge >= 0.3 is 0 Å². The largest absolute Gasteiger partial charge is 0.479 e. The third kappa shape index (κ3) is 3.72. The van der Waals surface area contributed by atoms with Crippen LogP contribution >= 0.6 is 0 Å². The number of ketones is 1. The number of fused-ring (bicyclic) bond motifs is 1. The van der Waals surface area contributed by atoms with Crippen molar-refractivity contribution in [2.45, 2.75) is 32.8 Å². The second-order valence-electron chi connectivity index (χ2n) is 6.53. The van der Waals surface area contributed by atoms with Gasteiger partial charge in [0.2, 0.25) is 5.91 Å². The molecule has 2 aliphatic heterocycles. The van der Waals surface area contributed by atoms with Crippen molar-refractivity contribution in [3.8, 4) is 5.75 Å². The molecule has 1 atom stereocenters. The number of rotatable bonds is 5. The zero-order valence-corrected chi connectivity index (χ0v) is 15.2. The van der Waals surface area contributed by atoms with Gasteiger partial charge < -0.3 is 14.4 Å². The molecule has 0 bridgehead atoms. The van der Waals surface area contributed by atoms with Crippen LogP contribution in [-0.2, 0) is 14.3 Å². The number of benzene rings is 1. The lowest BCUT2D eigenvalue weighted by molar-refractivity contribution is -0.136. The Labute approximate surface area is 152 Å². The average molecular weight is 360 g/mol. The van der Waals surface area contributed by atoms with Crippen LogP contribution in [0.15, 0.2) is 18.2 Å². The molecule has 1 aromatic carbocycles. The number of carbonyl (C=O) groups is 3. The topological polar surface area (TPSA) is 76.2 Å². The number of hydrogen-bond donors (Lipinski definition) is 0. The number of anilines is 1. The summed E-state index contributed by atoms with van der Waals surface area (Å²) in [5.74, 6) is 0.118. The first-order chi connectivity index (χ1) is 12.5. The van der Waals surface area contributed by atoms with E-state index >= 15 is 0 Å². The Balaban J connectivity index is 1.86. The highest BCUT2D eigenvalue weighted by Gasteiger charge is 2.34. The normalized spacial score (nSPS) is 19.8. The Hall–Kier alpha value is -2.41. The average Bonchev–Trinajstić information content (AvgIpc) is 2.66. The molecule has 7 nitrogen and oxygen atoms in total. The fourth-order valence-electron chi connectivity index (χ4n) is 3.16. The Morgan fingerprint density at radius 2 is 1.96 bits per heavy atom. The first-order valence-corrected chi connectivity index (χ1v) is 9.02. The summed E-state index contributed by atoms with van der Waals surface area (Å²) in [5.41, 5.74) is 1.01. The zero-order chi connectivity index (χ0) is 18.7. The molecule has 140 valence electrons. The minimum absolute atomic E-state index is 0.0147. The predicted molar refractivity (Wildman–Crippen MR) is 95.5 cm³/mol. The van der Waals surface area contributed by atoms with Crippen molar-refractivity contribution in [2.24, 2.45) is 0 Å². The molecule has 2 heterocycles. The second-order valence-corrected chi connectivity index (χ2v) is 6.53. The van der Waals surface area contributed by atoms with Crippen LogP contribution in [0, 0.1) is 0 Å². The maximum atomic E-state index is 12.6. The molecule has 7 heteroatoms. The van der Waals surface area contributed by atoms with Gasteiger partial charge in [0.15, 0.2) is 11.9 Å². The van der Waals surface area contributed by atoms with Crippen molar-refractivity contribution >= 4 is 23.3 Å². The standard InChI is InChI=1S/C19H24N2O5/c1-3-4-16(22)14-5-6-17-15(11-14)21(19(24)13(2)26-17)12-18(23)20-7-9-25-10-8-20/h5-6,11,13H,3-4,7-10,12H2,1-2H3. The van der Waals surface area contributed by atoms with Crippen LogP contribution in [0.25, 0.3) is 0 Å². The van der Waals surface area contributed by atoms with Crippen LogP contribution in [0.1, 0.15) is 37.0 Å². The molecule has 1 aromatic rings. The van der Waals surface area contributed by atoms with E-state index in [9.17, 15) is 14.4 Å². The lowest BCUT2D eigenvalue weighted by Gasteiger charge is -2.35. The van der Waals surface area contributed by atoms with Gasteiger partial charge in [-0.2, -0.15) is 0 Å². The van der Waals surface area contributed by atoms with Crippen LogP contribution in [0.2, 0.25) is 0 Å². The van der Waals surface area contributed by atoms with Crippen LogP contribution in [-0.4, -0.2) is 61.4 Å². The van der Waals surface area contributed by atoms with Crippen molar-refractivity contribution in [3.63, 3.8) is 0 Å². The van der Waals surface area contributed by atoms with Crippen molar-refractivity contribution in [2.75, 3.05) is 37.7 Å². The summed E-state index contributed by atoms with van der Waals surface area (Å²) in [6.45, 7) is 5.59. The summed E-state index contributed by atoms with van der Waals surface area (Å²) < 4.78 is 10.9. The quantitative estimate of drug-likeness (QED) is 0.746. The second kappa shape index (κ2) is 7.86. The first kappa shape index (κ1) is 18.4. The summed E-state index contributed by atoms with van der Waals surface area (Å²) in [6.07, 6.45) is 0.523. The molecule has 26 heavy (non-hydrogen) atoms. The van der Waals surface area contributed by atoms with Gasteiger partial charge in [0.1, 0.15) is 12.3 Å².